The van der Waals surface area contributed by atoms with Crippen molar-refractivity contribution in [2.75, 3.05) is 31.2 Å². The van der Waals surface area contributed by atoms with Crippen LogP contribution in [0.2, 0.25) is 0 Å². The van der Waals surface area contributed by atoms with Crippen molar-refractivity contribution in [3.05, 3.63) is 63.7 Å². The molecule has 1 heterocycles. The second-order valence-corrected chi connectivity index (χ2v) is 10.2. The number of ether oxygens (including phenoxy) is 1. The molecule has 0 amide bonds. The Bertz CT molecular complexity index is 989. The summed E-state index contributed by atoms with van der Waals surface area (Å²) in [6.07, 6.45) is 0. The number of nitrogens with zero attached hydrogens (tertiary/aromatic N) is 2. The van der Waals surface area contributed by atoms with Gasteiger partial charge in [0.2, 0.25) is 0 Å². The molecule has 1 saturated heterocycles. The third kappa shape index (κ3) is 4.94. The smallest absolute Gasteiger partial charge is 0.269 e. The van der Waals surface area contributed by atoms with Crippen molar-refractivity contribution in [1.29, 1.82) is 0 Å². The third-order valence-electron chi connectivity index (χ3n) is 5.05. The van der Waals surface area contributed by atoms with Crippen LogP contribution in [0, 0.1) is 10.1 Å². The zero-order valence-corrected chi connectivity index (χ0v) is 17.7. The standard InChI is InChI=1S/C21H26N2O5S/c1-21(2,3)17-4-7-19(8-5-17)29(26,27)15-16-14-18(23(24)25)6-9-20(16)22-10-12-28-13-11-22/h4-9,14H,10-13,15H2,1-3H3. The number of anilines is 1. The lowest BCUT2D eigenvalue weighted by atomic mass is 9.87. The summed E-state index contributed by atoms with van der Waals surface area (Å²) in [6, 6.07) is 11.3. The number of nitro groups is 1. The highest BCUT2D eigenvalue weighted by atomic mass is 32.2. The van der Waals surface area contributed by atoms with Gasteiger partial charge in [0.15, 0.2) is 9.84 Å². The van der Waals surface area contributed by atoms with Crippen LogP contribution in [0.15, 0.2) is 47.4 Å². The number of nitro benzene ring substituents is 1. The predicted molar refractivity (Wildman–Crippen MR) is 112 cm³/mol. The van der Waals surface area contributed by atoms with E-state index in [1.54, 1.807) is 18.2 Å². The number of hydrogen-bond donors (Lipinski definition) is 0. The molecule has 2 aromatic carbocycles. The van der Waals surface area contributed by atoms with Gasteiger partial charge >= 0.3 is 0 Å². The number of non-ortho nitro benzene ring substituents is 1. The quantitative estimate of drug-likeness (QED) is 0.543. The summed E-state index contributed by atoms with van der Waals surface area (Å²) in [6.45, 7) is 8.50. The van der Waals surface area contributed by atoms with Crippen molar-refractivity contribution in [2.24, 2.45) is 0 Å². The molecule has 1 aliphatic rings. The molecule has 1 aliphatic heterocycles. The second-order valence-electron chi connectivity index (χ2n) is 8.20. The van der Waals surface area contributed by atoms with E-state index < -0.39 is 14.8 Å². The van der Waals surface area contributed by atoms with Gasteiger partial charge in [-0.3, -0.25) is 10.1 Å². The Balaban J connectivity index is 1.96. The minimum atomic E-state index is -3.66. The van der Waals surface area contributed by atoms with Gasteiger partial charge in [0.05, 0.1) is 28.8 Å². The van der Waals surface area contributed by atoms with E-state index in [0.29, 0.717) is 37.6 Å². The molecular weight excluding hydrogens is 392 g/mol. The van der Waals surface area contributed by atoms with E-state index in [1.165, 1.54) is 12.1 Å². The number of benzene rings is 2. The van der Waals surface area contributed by atoms with Crippen molar-refractivity contribution < 1.29 is 18.1 Å². The average Bonchev–Trinajstić information content (AvgIpc) is 2.67. The lowest BCUT2D eigenvalue weighted by Gasteiger charge is -2.30. The van der Waals surface area contributed by atoms with Gasteiger partial charge in [0.1, 0.15) is 0 Å². The topological polar surface area (TPSA) is 89.8 Å². The van der Waals surface area contributed by atoms with Crippen LogP contribution in [-0.2, 0) is 25.7 Å². The van der Waals surface area contributed by atoms with Crippen molar-refractivity contribution in [1.82, 2.24) is 0 Å². The van der Waals surface area contributed by atoms with E-state index in [9.17, 15) is 18.5 Å². The Morgan fingerprint density at radius 3 is 2.24 bits per heavy atom. The van der Waals surface area contributed by atoms with Crippen LogP contribution in [0.5, 0.6) is 0 Å². The first kappa shape index (κ1) is 21.3. The molecule has 3 rings (SSSR count). The minimum absolute atomic E-state index is 0.0775. The van der Waals surface area contributed by atoms with Gasteiger partial charge < -0.3 is 9.64 Å². The summed E-state index contributed by atoms with van der Waals surface area (Å²) in [7, 11) is -3.66. The third-order valence-corrected chi connectivity index (χ3v) is 6.73. The van der Waals surface area contributed by atoms with E-state index in [0.717, 1.165) is 5.56 Å². The molecule has 7 nitrogen and oxygen atoms in total. The van der Waals surface area contributed by atoms with Crippen molar-refractivity contribution in [3.8, 4) is 0 Å². The molecule has 2 aromatic rings. The first-order chi connectivity index (χ1) is 13.6. The summed E-state index contributed by atoms with van der Waals surface area (Å²) in [4.78, 5) is 13.0. The van der Waals surface area contributed by atoms with Gasteiger partial charge in [0.25, 0.3) is 5.69 Å². The molecule has 156 valence electrons. The zero-order chi connectivity index (χ0) is 21.2. The number of rotatable bonds is 5. The summed E-state index contributed by atoms with van der Waals surface area (Å²) in [5.41, 5.74) is 1.98. The van der Waals surface area contributed by atoms with Crippen molar-refractivity contribution in [2.45, 2.75) is 36.8 Å². The summed E-state index contributed by atoms with van der Waals surface area (Å²) in [5, 5.41) is 11.2. The molecule has 0 radical (unpaired) electrons. The van der Waals surface area contributed by atoms with Crippen LogP contribution < -0.4 is 4.90 Å². The Morgan fingerprint density at radius 2 is 1.69 bits per heavy atom. The zero-order valence-electron chi connectivity index (χ0n) is 16.9. The number of sulfone groups is 1. The molecule has 0 spiro atoms. The highest BCUT2D eigenvalue weighted by Gasteiger charge is 2.24. The van der Waals surface area contributed by atoms with E-state index in [4.69, 9.17) is 4.74 Å². The largest absolute Gasteiger partial charge is 0.378 e. The Hall–Kier alpha value is -2.45. The second kappa shape index (κ2) is 8.12. The molecule has 0 bridgehead atoms. The maximum atomic E-state index is 13.1. The summed E-state index contributed by atoms with van der Waals surface area (Å²) >= 11 is 0. The van der Waals surface area contributed by atoms with Crippen LogP contribution in [0.1, 0.15) is 31.9 Å². The first-order valence-electron chi connectivity index (χ1n) is 9.51. The van der Waals surface area contributed by atoms with E-state index in [1.807, 2.05) is 17.0 Å². The first-order valence-corrected chi connectivity index (χ1v) is 11.2. The van der Waals surface area contributed by atoms with E-state index in [2.05, 4.69) is 20.8 Å². The number of hydrogen-bond acceptors (Lipinski definition) is 6. The highest BCUT2D eigenvalue weighted by molar-refractivity contribution is 7.90. The predicted octanol–water partition coefficient (Wildman–Crippen LogP) is 3.70. The number of morpholine rings is 1. The molecule has 0 saturated carbocycles. The van der Waals surface area contributed by atoms with Gasteiger partial charge in [-0.2, -0.15) is 0 Å². The fourth-order valence-corrected chi connectivity index (χ4v) is 4.72. The summed E-state index contributed by atoms with van der Waals surface area (Å²) in [5.74, 6) is -0.295. The van der Waals surface area contributed by atoms with Crippen LogP contribution in [0.4, 0.5) is 11.4 Å². The lowest BCUT2D eigenvalue weighted by Crippen LogP contribution is -2.36. The molecule has 0 unspecified atom stereocenters. The lowest BCUT2D eigenvalue weighted by molar-refractivity contribution is -0.384. The van der Waals surface area contributed by atoms with E-state index >= 15 is 0 Å². The fourth-order valence-electron chi connectivity index (χ4n) is 3.36. The van der Waals surface area contributed by atoms with Gasteiger partial charge in [-0.15, -0.1) is 0 Å². The van der Waals surface area contributed by atoms with Gasteiger partial charge in [0, 0.05) is 30.9 Å². The van der Waals surface area contributed by atoms with Crippen LogP contribution in [-0.4, -0.2) is 39.6 Å². The van der Waals surface area contributed by atoms with Crippen molar-refractivity contribution in [3.63, 3.8) is 0 Å². The van der Waals surface area contributed by atoms with Gasteiger partial charge in [-0.05, 0) is 34.7 Å². The molecule has 29 heavy (non-hydrogen) atoms. The van der Waals surface area contributed by atoms with Gasteiger partial charge in [-0.1, -0.05) is 32.9 Å². The molecular formula is C21H26N2O5S. The Morgan fingerprint density at radius 1 is 1.07 bits per heavy atom. The Kier molecular flexibility index (Phi) is 5.95. The van der Waals surface area contributed by atoms with E-state index in [-0.39, 0.29) is 21.8 Å². The van der Waals surface area contributed by atoms with Crippen molar-refractivity contribution >= 4 is 21.2 Å². The maximum absolute atomic E-state index is 13.1. The SMILES string of the molecule is CC(C)(C)c1ccc(S(=O)(=O)Cc2cc([N+](=O)[O-])ccc2N2CCOCC2)cc1. The molecule has 0 atom stereocenters. The normalized spacial score (nSPS) is 15.3. The van der Waals surface area contributed by atoms with Crippen LogP contribution >= 0.6 is 0 Å². The van der Waals surface area contributed by atoms with Crippen LogP contribution in [0.25, 0.3) is 0 Å². The Labute approximate surface area is 171 Å². The van der Waals surface area contributed by atoms with Gasteiger partial charge in [-0.25, -0.2) is 8.42 Å². The fraction of sp³-hybridized carbons (Fsp3) is 0.429. The molecule has 0 N–H and O–H groups in total. The monoisotopic (exact) mass is 418 g/mol. The average molecular weight is 419 g/mol. The maximum Gasteiger partial charge on any atom is 0.269 e. The molecule has 0 aromatic heterocycles. The minimum Gasteiger partial charge on any atom is -0.378 e. The van der Waals surface area contributed by atoms with Crippen LogP contribution in [0.3, 0.4) is 0 Å². The molecule has 8 heteroatoms. The molecule has 0 aliphatic carbocycles. The summed E-state index contributed by atoms with van der Waals surface area (Å²) < 4.78 is 31.5. The molecule has 1 fully saturated rings. The highest BCUT2D eigenvalue weighted by Crippen LogP contribution is 2.30.